The predicted octanol–water partition coefficient (Wildman–Crippen LogP) is 6.08. The van der Waals surface area contributed by atoms with Crippen LogP contribution in [0.5, 0.6) is 11.5 Å². The molecule has 3 atom stereocenters. The highest BCUT2D eigenvalue weighted by atomic mass is 19.1. The Morgan fingerprint density at radius 3 is 2.42 bits per heavy atom. The Kier molecular flexibility index (Phi) is 8.90. The van der Waals surface area contributed by atoms with Crippen LogP contribution in [-0.2, 0) is 9.53 Å². The number of hydrogen-bond donors (Lipinski definition) is 0. The number of carbonyl (C=O) groups is 1. The molecular formula is C33H39FN2O4. The van der Waals surface area contributed by atoms with Gasteiger partial charge in [-0.2, -0.15) is 0 Å². The summed E-state index contributed by atoms with van der Waals surface area (Å²) in [5.41, 5.74) is 3.15. The van der Waals surface area contributed by atoms with Gasteiger partial charge in [0.15, 0.2) is 6.61 Å². The molecule has 40 heavy (non-hydrogen) atoms. The van der Waals surface area contributed by atoms with E-state index in [0.29, 0.717) is 37.3 Å². The van der Waals surface area contributed by atoms with E-state index in [2.05, 4.69) is 18.7 Å². The molecular weight excluding hydrogens is 507 g/mol. The maximum atomic E-state index is 13.8. The van der Waals surface area contributed by atoms with E-state index < -0.39 is 0 Å². The third-order valence-electron chi connectivity index (χ3n) is 8.23. The molecule has 7 heteroatoms. The summed E-state index contributed by atoms with van der Waals surface area (Å²) < 4.78 is 31.5. The van der Waals surface area contributed by atoms with Crippen LogP contribution in [0.4, 0.5) is 10.1 Å². The Balaban J connectivity index is 1.13. The van der Waals surface area contributed by atoms with Crippen LogP contribution < -0.4 is 14.4 Å². The van der Waals surface area contributed by atoms with Crippen molar-refractivity contribution in [3.05, 3.63) is 89.7 Å². The number of amides is 1. The molecule has 3 aromatic carbocycles. The molecule has 2 aliphatic heterocycles. The molecule has 0 radical (unpaired) electrons. The van der Waals surface area contributed by atoms with Gasteiger partial charge < -0.3 is 24.0 Å². The highest BCUT2D eigenvalue weighted by Gasteiger charge is 2.35. The molecule has 3 aromatic rings. The molecule has 0 bridgehead atoms. The summed E-state index contributed by atoms with van der Waals surface area (Å²) >= 11 is 0. The molecule has 6 nitrogen and oxygen atoms in total. The second-order valence-electron chi connectivity index (χ2n) is 11.0. The third kappa shape index (κ3) is 6.41. The van der Waals surface area contributed by atoms with Crippen LogP contribution in [0.3, 0.4) is 0 Å². The maximum Gasteiger partial charge on any atom is 0.260 e. The first-order valence-electron chi connectivity index (χ1n) is 14.2. The van der Waals surface area contributed by atoms with Crippen molar-refractivity contribution in [1.82, 2.24) is 4.90 Å². The number of carbonyl (C=O) groups excluding carboxylic acids is 1. The lowest BCUT2D eigenvalue weighted by Gasteiger charge is -2.39. The van der Waals surface area contributed by atoms with Gasteiger partial charge in [0.25, 0.3) is 5.91 Å². The van der Waals surface area contributed by atoms with Gasteiger partial charge in [0, 0.05) is 32.1 Å². The fourth-order valence-electron chi connectivity index (χ4n) is 5.90. The lowest BCUT2D eigenvalue weighted by atomic mass is 9.76. The van der Waals surface area contributed by atoms with Gasteiger partial charge >= 0.3 is 0 Å². The minimum absolute atomic E-state index is 0.0115. The van der Waals surface area contributed by atoms with Crippen molar-refractivity contribution < 1.29 is 23.4 Å². The largest absolute Gasteiger partial charge is 0.495 e. The smallest absolute Gasteiger partial charge is 0.260 e. The summed E-state index contributed by atoms with van der Waals surface area (Å²) in [5.74, 6) is 2.21. The average Bonchev–Trinajstić information content (AvgIpc) is 3.00. The predicted molar refractivity (Wildman–Crippen MR) is 155 cm³/mol. The summed E-state index contributed by atoms with van der Waals surface area (Å²) in [5, 5.41) is 0. The number of nitrogens with zero attached hydrogens (tertiary/aromatic N) is 2. The van der Waals surface area contributed by atoms with E-state index in [4.69, 9.17) is 14.2 Å². The van der Waals surface area contributed by atoms with Gasteiger partial charge in [-0.1, -0.05) is 50.2 Å². The molecule has 2 saturated heterocycles. The molecule has 5 rings (SSSR count). The van der Waals surface area contributed by atoms with Crippen molar-refractivity contribution in [2.24, 2.45) is 11.8 Å². The van der Waals surface area contributed by atoms with Crippen molar-refractivity contribution in [2.45, 2.75) is 32.3 Å². The van der Waals surface area contributed by atoms with Crippen LogP contribution in [0.1, 0.15) is 43.4 Å². The second kappa shape index (κ2) is 12.7. The van der Waals surface area contributed by atoms with Gasteiger partial charge in [-0.25, -0.2) is 4.39 Å². The van der Waals surface area contributed by atoms with E-state index in [1.165, 1.54) is 6.07 Å². The first-order valence-corrected chi connectivity index (χ1v) is 14.2. The van der Waals surface area contributed by atoms with Crippen molar-refractivity contribution in [3.63, 3.8) is 0 Å². The lowest BCUT2D eigenvalue weighted by molar-refractivity contribution is -0.133. The Hall–Kier alpha value is -3.58. The monoisotopic (exact) mass is 546 g/mol. The average molecular weight is 547 g/mol. The van der Waals surface area contributed by atoms with Crippen LogP contribution in [0.2, 0.25) is 0 Å². The van der Waals surface area contributed by atoms with E-state index in [9.17, 15) is 9.18 Å². The Morgan fingerprint density at radius 2 is 1.73 bits per heavy atom. The van der Waals surface area contributed by atoms with Gasteiger partial charge in [0.1, 0.15) is 17.3 Å². The zero-order valence-corrected chi connectivity index (χ0v) is 23.6. The van der Waals surface area contributed by atoms with Gasteiger partial charge in [-0.3, -0.25) is 4.79 Å². The van der Waals surface area contributed by atoms with E-state index in [-0.39, 0.29) is 30.4 Å². The number of methoxy groups -OCH3 is 1. The fraction of sp³-hybridized carbons (Fsp3) is 0.424. The highest BCUT2D eigenvalue weighted by molar-refractivity contribution is 5.78. The van der Waals surface area contributed by atoms with Crippen molar-refractivity contribution in [3.8, 4) is 11.5 Å². The van der Waals surface area contributed by atoms with Crippen LogP contribution in [0.15, 0.2) is 72.8 Å². The van der Waals surface area contributed by atoms with E-state index in [1.54, 1.807) is 19.2 Å². The maximum absolute atomic E-state index is 13.8. The van der Waals surface area contributed by atoms with Gasteiger partial charge in [-0.15, -0.1) is 0 Å². The molecule has 1 amide bonds. The lowest BCUT2D eigenvalue weighted by Crippen LogP contribution is -2.50. The Labute approximate surface area is 236 Å². The van der Waals surface area contributed by atoms with E-state index in [0.717, 1.165) is 42.1 Å². The zero-order chi connectivity index (χ0) is 28.1. The minimum atomic E-state index is -0.204. The molecule has 0 N–H and O–H groups in total. The quantitative estimate of drug-likeness (QED) is 0.343. The molecule has 0 aromatic heterocycles. The topological polar surface area (TPSA) is 51.2 Å². The molecule has 2 fully saturated rings. The molecule has 0 aliphatic carbocycles. The number of benzene rings is 3. The van der Waals surface area contributed by atoms with Crippen LogP contribution >= 0.6 is 0 Å². The number of halogens is 1. The minimum Gasteiger partial charge on any atom is -0.495 e. The summed E-state index contributed by atoms with van der Waals surface area (Å²) in [7, 11) is 1.68. The normalized spacial score (nSPS) is 21.4. The molecule has 0 spiro atoms. The molecule has 2 heterocycles. The number of hydrogen-bond acceptors (Lipinski definition) is 5. The van der Waals surface area contributed by atoms with Crippen molar-refractivity contribution in [2.75, 3.05) is 51.4 Å². The summed E-state index contributed by atoms with van der Waals surface area (Å²) in [6.07, 6.45) is 0.920. The number of rotatable bonds is 8. The van der Waals surface area contributed by atoms with Crippen LogP contribution in [0.25, 0.3) is 0 Å². The van der Waals surface area contributed by atoms with Crippen molar-refractivity contribution >= 4 is 11.6 Å². The van der Waals surface area contributed by atoms with E-state index >= 15 is 0 Å². The first kappa shape index (κ1) is 28.0. The number of anilines is 1. The van der Waals surface area contributed by atoms with E-state index in [1.807, 2.05) is 59.5 Å². The molecule has 2 aliphatic rings. The highest BCUT2D eigenvalue weighted by Crippen LogP contribution is 2.43. The molecule has 0 saturated carbocycles. The van der Waals surface area contributed by atoms with Gasteiger partial charge in [0.05, 0.1) is 25.5 Å². The second-order valence-corrected chi connectivity index (χ2v) is 11.0. The number of para-hydroxylation sites is 2. The SMILES string of the molecule is COc1ccccc1N1CCN(C(=O)COc2ccc([C@@H]3OC[C@@H](c4cccc(F)c4)C[C@H]3C(C)C)cc2)CC1. The summed E-state index contributed by atoms with van der Waals surface area (Å²) in [6, 6.07) is 22.7. The van der Waals surface area contributed by atoms with Crippen LogP contribution in [0, 0.1) is 17.7 Å². The number of ether oxygens (including phenoxy) is 3. The summed E-state index contributed by atoms with van der Waals surface area (Å²) in [6.45, 7) is 7.80. The standard InChI is InChI=1S/C33H39FN2O4/c1-23(2)29-20-26(25-7-6-8-27(34)19-25)21-40-33(29)24-11-13-28(14-12-24)39-22-32(37)36-17-15-35(16-18-36)30-9-4-5-10-31(30)38-3/h4-14,19,23,26,29,33H,15-18,20-22H2,1-3H3/t26-,29-,33-/m0/s1. The molecule has 0 unspecified atom stereocenters. The Bertz CT molecular complexity index is 1270. The fourth-order valence-corrected chi connectivity index (χ4v) is 5.90. The number of piperazine rings is 1. The Morgan fingerprint density at radius 1 is 0.975 bits per heavy atom. The van der Waals surface area contributed by atoms with Crippen LogP contribution in [-0.4, -0.2) is 57.3 Å². The third-order valence-corrected chi connectivity index (χ3v) is 8.23. The first-order chi connectivity index (χ1) is 19.4. The van der Waals surface area contributed by atoms with Crippen molar-refractivity contribution in [1.29, 1.82) is 0 Å². The zero-order valence-electron chi connectivity index (χ0n) is 23.6. The molecule has 212 valence electrons. The van der Waals surface area contributed by atoms with Gasteiger partial charge in [-0.05, 0) is 65.8 Å². The summed E-state index contributed by atoms with van der Waals surface area (Å²) in [4.78, 5) is 17.0. The van der Waals surface area contributed by atoms with Gasteiger partial charge in [0.2, 0.25) is 0 Å².